The highest BCUT2D eigenvalue weighted by Crippen LogP contribution is 2.32. The molecule has 2 aromatic rings. The molecule has 0 aliphatic carbocycles. The number of carbonyl (C=O) groups excluding carboxylic acids is 3. The van der Waals surface area contributed by atoms with Gasteiger partial charge in [-0.2, -0.15) is 0 Å². The van der Waals surface area contributed by atoms with E-state index in [9.17, 15) is 14.4 Å². The molecule has 0 radical (unpaired) electrons. The van der Waals surface area contributed by atoms with Crippen molar-refractivity contribution >= 4 is 34.9 Å². The minimum absolute atomic E-state index is 0.138. The summed E-state index contributed by atoms with van der Waals surface area (Å²) in [6.07, 6.45) is 2.52. The van der Waals surface area contributed by atoms with Gasteiger partial charge in [-0.3, -0.25) is 19.3 Å². The predicted octanol–water partition coefficient (Wildman–Crippen LogP) is 3.49. The van der Waals surface area contributed by atoms with Crippen LogP contribution in [-0.2, 0) is 16.0 Å². The van der Waals surface area contributed by atoms with E-state index in [0.29, 0.717) is 22.8 Å². The Balaban J connectivity index is 1.46. The molecule has 0 aromatic heterocycles. The number of amides is 3. The Hall–Kier alpha value is -3.26. The third-order valence-corrected chi connectivity index (χ3v) is 5.62. The van der Waals surface area contributed by atoms with Crippen LogP contribution < -0.4 is 14.8 Å². The highest BCUT2D eigenvalue weighted by molar-refractivity contribution is 8.18. The molecule has 0 saturated carbocycles. The average Bonchev–Trinajstić information content (AvgIpc) is 3.05. The van der Waals surface area contributed by atoms with Crippen molar-refractivity contribution in [2.24, 2.45) is 0 Å². The first-order chi connectivity index (χ1) is 15.0. The first-order valence-corrected chi connectivity index (χ1v) is 10.6. The fourth-order valence-electron chi connectivity index (χ4n) is 3.08. The summed E-state index contributed by atoms with van der Waals surface area (Å²) in [5.41, 5.74) is 1.81. The Morgan fingerprint density at radius 2 is 1.81 bits per heavy atom. The molecule has 1 aliphatic rings. The average molecular weight is 441 g/mol. The van der Waals surface area contributed by atoms with Crippen molar-refractivity contribution < 1.29 is 23.9 Å². The second-order valence-electron chi connectivity index (χ2n) is 6.78. The number of carbonyl (C=O) groups is 3. The molecule has 0 atom stereocenters. The molecule has 0 spiro atoms. The van der Waals surface area contributed by atoms with E-state index < -0.39 is 0 Å². The van der Waals surface area contributed by atoms with Crippen molar-refractivity contribution in [1.29, 1.82) is 0 Å². The van der Waals surface area contributed by atoms with E-state index >= 15 is 0 Å². The number of hydrogen-bond donors (Lipinski definition) is 1. The summed E-state index contributed by atoms with van der Waals surface area (Å²) in [5.74, 6) is 0.762. The van der Waals surface area contributed by atoms with Crippen LogP contribution in [0, 0.1) is 0 Å². The van der Waals surface area contributed by atoms with E-state index in [1.54, 1.807) is 26.4 Å². The van der Waals surface area contributed by atoms with Crippen LogP contribution in [0.3, 0.4) is 0 Å². The van der Waals surface area contributed by atoms with Crippen LogP contribution in [0.2, 0.25) is 0 Å². The molecule has 1 N–H and O–H groups in total. The number of benzene rings is 2. The molecule has 0 bridgehead atoms. The van der Waals surface area contributed by atoms with Crippen molar-refractivity contribution in [3.63, 3.8) is 0 Å². The Morgan fingerprint density at radius 1 is 1.06 bits per heavy atom. The Morgan fingerprint density at radius 3 is 2.52 bits per heavy atom. The van der Waals surface area contributed by atoms with E-state index in [1.807, 2.05) is 42.5 Å². The first kappa shape index (κ1) is 22.4. The molecular formula is C23H24N2O5S. The SMILES string of the molecule is COc1ccc(CCC(=O)NCCN2C(=O)S/C(=C\c3ccccc3)C2=O)cc1OC. The van der Waals surface area contributed by atoms with Crippen molar-refractivity contribution in [1.82, 2.24) is 10.2 Å². The van der Waals surface area contributed by atoms with Crippen LogP contribution in [0.1, 0.15) is 17.5 Å². The maximum atomic E-state index is 12.5. The van der Waals surface area contributed by atoms with Crippen molar-refractivity contribution in [3.05, 3.63) is 64.6 Å². The maximum absolute atomic E-state index is 12.5. The van der Waals surface area contributed by atoms with Gasteiger partial charge >= 0.3 is 0 Å². The van der Waals surface area contributed by atoms with Crippen molar-refractivity contribution in [3.8, 4) is 11.5 Å². The number of ether oxygens (including phenoxy) is 2. The number of imide groups is 1. The summed E-state index contributed by atoms with van der Waals surface area (Å²) in [7, 11) is 3.13. The number of methoxy groups -OCH3 is 2. The smallest absolute Gasteiger partial charge is 0.293 e. The minimum atomic E-state index is -0.335. The van der Waals surface area contributed by atoms with Gasteiger partial charge in [-0.15, -0.1) is 0 Å². The zero-order valence-electron chi connectivity index (χ0n) is 17.4. The largest absolute Gasteiger partial charge is 0.493 e. The standard InChI is InChI=1S/C23H24N2O5S/c1-29-18-10-8-17(14-19(18)30-2)9-11-21(26)24-12-13-25-22(27)20(31-23(25)28)15-16-6-4-3-5-7-16/h3-8,10,14-15H,9,11-13H2,1-2H3,(H,24,26)/b20-15-. The summed E-state index contributed by atoms with van der Waals surface area (Å²) >= 11 is 0.913. The third kappa shape index (κ3) is 5.88. The fraction of sp³-hybridized carbons (Fsp3) is 0.261. The third-order valence-electron chi connectivity index (χ3n) is 4.72. The minimum Gasteiger partial charge on any atom is -0.493 e. The highest BCUT2D eigenvalue weighted by Gasteiger charge is 2.34. The summed E-state index contributed by atoms with van der Waals surface area (Å²) in [4.78, 5) is 38.4. The molecule has 7 nitrogen and oxygen atoms in total. The monoisotopic (exact) mass is 440 g/mol. The fourth-order valence-corrected chi connectivity index (χ4v) is 3.95. The highest BCUT2D eigenvalue weighted by atomic mass is 32.2. The molecule has 3 rings (SSSR count). The molecule has 1 heterocycles. The Kier molecular flexibility index (Phi) is 7.72. The van der Waals surface area contributed by atoms with Crippen LogP contribution in [0.5, 0.6) is 11.5 Å². The van der Waals surface area contributed by atoms with Gasteiger partial charge in [0.2, 0.25) is 5.91 Å². The molecule has 1 fully saturated rings. The second kappa shape index (κ2) is 10.7. The van der Waals surface area contributed by atoms with Crippen LogP contribution in [0.25, 0.3) is 6.08 Å². The number of aryl methyl sites for hydroxylation is 1. The normalized spacial score (nSPS) is 14.8. The Bertz CT molecular complexity index is 991. The van der Waals surface area contributed by atoms with Gasteiger partial charge in [0.25, 0.3) is 11.1 Å². The van der Waals surface area contributed by atoms with Crippen molar-refractivity contribution in [2.45, 2.75) is 12.8 Å². The van der Waals surface area contributed by atoms with Gasteiger partial charge in [-0.05, 0) is 47.5 Å². The zero-order chi connectivity index (χ0) is 22.2. The van der Waals surface area contributed by atoms with E-state index in [2.05, 4.69) is 5.32 Å². The van der Waals surface area contributed by atoms with Gasteiger partial charge in [-0.1, -0.05) is 36.4 Å². The Labute approximate surface area is 185 Å². The van der Waals surface area contributed by atoms with E-state index in [-0.39, 0.29) is 36.6 Å². The molecular weight excluding hydrogens is 416 g/mol. The van der Waals surface area contributed by atoms with Gasteiger partial charge in [-0.25, -0.2) is 0 Å². The summed E-state index contributed by atoms with van der Waals surface area (Å²) in [5, 5.41) is 2.44. The number of thioether (sulfide) groups is 1. The lowest BCUT2D eigenvalue weighted by atomic mass is 10.1. The lowest BCUT2D eigenvalue weighted by Crippen LogP contribution is -2.37. The van der Waals surface area contributed by atoms with Gasteiger partial charge in [0.15, 0.2) is 11.5 Å². The topological polar surface area (TPSA) is 84.9 Å². The van der Waals surface area contributed by atoms with Crippen LogP contribution in [0.15, 0.2) is 53.4 Å². The summed E-state index contributed by atoms with van der Waals surface area (Å²) in [6.45, 7) is 0.348. The molecule has 3 amide bonds. The maximum Gasteiger partial charge on any atom is 0.293 e. The molecule has 162 valence electrons. The van der Waals surface area contributed by atoms with Crippen molar-refractivity contribution in [2.75, 3.05) is 27.3 Å². The van der Waals surface area contributed by atoms with E-state index in [1.165, 1.54) is 0 Å². The van der Waals surface area contributed by atoms with Crippen LogP contribution in [0.4, 0.5) is 4.79 Å². The van der Waals surface area contributed by atoms with Gasteiger partial charge in [0, 0.05) is 19.5 Å². The summed E-state index contributed by atoms with van der Waals surface area (Å²) < 4.78 is 10.5. The molecule has 1 aliphatic heterocycles. The quantitative estimate of drug-likeness (QED) is 0.601. The number of nitrogens with one attached hydrogen (secondary N) is 1. The molecule has 0 unspecified atom stereocenters. The van der Waals surface area contributed by atoms with Crippen LogP contribution in [-0.4, -0.2) is 49.3 Å². The van der Waals surface area contributed by atoms with Gasteiger partial charge in [0.05, 0.1) is 19.1 Å². The lowest BCUT2D eigenvalue weighted by molar-refractivity contribution is -0.124. The second-order valence-corrected chi connectivity index (χ2v) is 7.78. The molecule has 2 aromatic carbocycles. The molecule has 8 heteroatoms. The lowest BCUT2D eigenvalue weighted by Gasteiger charge is -2.13. The number of nitrogens with zero attached hydrogens (tertiary/aromatic N) is 1. The van der Waals surface area contributed by atoms with E-state index in [0.717, 1.165) is 27.8 Å². The first-order valence-electron chi connectivity index (χ1n) is 9.80. The molecule has 31 heavy (non-hydrogen) atoms. The number of hydrogen-bond acceptors (Lipinski definition) is 6. The zero-order valence-corrected chi connectivity index (χ0v) is 18.2. The predicted molar refractivity (Wildman–Crippen MR) is 120 cm³/mol. The molecule has 1 saturated heterocycles. The van der Waals surface area contributed by atoms with Crippen LogP contribution >= 0.6 is 11.8 Å². The summed E-state index contributed by atoms with van der Waals surface area (Å²) in [6, 6.07) is 14.9. The van der Waals surface area contributed by atoms with Gasteiger partial charge in [0.1, 0.15) is 0 Å². The van der Waals surface area contributed by atoms with Gasteiger partial charge < -0.3 is 14.8 Å². The van der Waals surface area contributed by atoms with E-state index in [4.69, 9.17) is 9.47 Å². The number of rotatable bonds is 9.